The zero-order valence-electron chi connectivity index (χ0n) is 8.15. The van der Waals surface area contributed by atoms with E-state index in [4.69, 9.17) is 11.6 Å². The molecule has 78 valence electrons. The number of aliphatic hydroxyl groups excluding tert-OH is 1. The molecule has 1 aromatic heterocycles. The minimum Gasteiger partial charge on any atom is -0.385 e. The van der Waals surface area contributed by atoms with Gasteiger partial charge in [-0.05, 0) is 31.0 Å². The van der Waals surface area contributed by atoms with Crippen LogP contribution < -0.4 is 0 Å². The van der Waals surface area contributed by atoms with Crippen LogP contribution in [-0.2, 0) is 6.54 Å². The molecule has 4 heteroatoms. The van der Waals surface area contributed by atoms with Gasteiger partial charge in [-0.15, -0.1) is 0 Å². The second-order valence-electron chi connectivity index (χ2n) is 3.91. The molecule has 0 saturated carbocycles. The molecule has 1 N–H and O–H groups in total. The molecule has 3 rings (SSSR count). The Hall–Kier alpha value is -1.06. The topological polar surface area (TPSA) is 38.0 Å². The first kappa shape index (κ1) is 9.19. The van der Waals surface area contributed by atoms with Gasteiger partial charge in [-0.3, -0.25) is 0 Å². The molecule has 2 heterocycles. The van der Waals surface area contributed by atoms with E-state index in [1.807, 2.05) is 18.2 Å². The first-order valence-electron chi connectivity index (χ1n) is 5.09. The maximum atomic E-state index is 9.82. The normalized spacial score (nSPS) is 20.5. The van der Waals surface area contributed by atoms with Crippen molar-refractivity contribution in [1.29, 1.82) is 0 Å². The van der Waals surface area contributed by atoms with Gasteiger partial charge in [0, 0.05) is 11.6 Å². The van der Waals surface area contributed by atoms with Crippen molar-refractivity contribution in [2.45, 2.75) is 25.5 Å². The quantitative estimate of drug-likeness (QED) is 0.744. The molecule has 1 atom stereocenters. The predicted molar refractivity (Wildman–Crippen MR) is 58.9 cm³/mol. The van der Waals surface area contributed by atoms with Crippen LogP contribution in [0.15, 0.2) is 18.2 Å². The Morgan fingerprint density at radius 2 is 2.33 bits per heavy atom. The Balaban J connectivity index is 2.30. The molecule has 0 bridgehead atoms. The van der Waals surface area contributed by atoms with Gasteiger partial charge < -0.3 is 9.67 Å². The average molecular weight is 223 g/mol. The van der Waals surface area contributed by atoms with Gasteiger partial charge >= 0.3 is 0 Å². The highest BCUT2D eigenvalue weighted by Crippen LogP contribution is 2.29. The fourth-order valence-electron chi connectivity index (χ4n) is 2.18. The summed E-state index contributed by atoms with van der Waals surface area (Å²) in [6, 6.07) is 5.67. The van der Waals surface area contributed by atoms with Crippen molar-refractivity contribution in [2.24, 2.45) is 0 Å². The summed E-state index contributed by atoms with van der Waals surface area (Å²) >= 11 is 5.91. The van der Waals surface area contributed by atoms with Gasteiger partial charge in [-0.1, -0.05) is 11.6 Å². The SMILES string of the molecule is OC1CCCn2c1nc1cc(Cl)ccc12. The summed E-state index contributed by atoms with van der Waals surface area (Å²) in [5, 5.41) is 10.5. The number of hydrogen-bond donors (Lipinski definition) is 1. The van der Waals surface area contributed by atoms with E-state index in [-0.39, 0.29) is 0 Å². The van der Waals surface area contributed by atoms with Gasteiger partial charge in [0.2, 0.25) is 0 Å². The summed E-state index contributed by atoms with van der Waals surface area (Å²) in [4.78, 5) is 4.42. The molecule has 2 aromatic rings. The van der Waals surface area contributed by atoms with E-state index in [1.54, 1.807) is 0 Å². The van der Waals surface area contributed by atoms with Crippen molar-refractivity contribution in [3.63, 3.8) is 0 Å². The molecule has 1 aliphatic rings. The largest absolute Gasteiger partial charge is 0.385 e. The van der Waals surface area contributed by atoms with Crippen LogP contribution in [0.25, 0.3) is 11.0 Å². The molecule has 0 aliphatic carbocycles. The number of rotatable bonds is 0. The van der Waals surface area contributed by atoms with Gasteiger partial charge in [-0.25, -0.2) is 4.98 Å². The Bertz CT molecular complexity index is 521. The number of nitrogens with zero attached hydrogens (tertiary/aromatic N) is 2. The minimum atomic E-state index is -0.426. The lowest BCUT2D eigenvalue weighted by Crippen LogP contribution is -2.15. The van der Waals surface area contributed by atoms with E-state index in [0.29, 0.717) is 5.02 Å². The molecule has 3 nitrogen and oxygen atoms in total. The number of hydrogen-bond acceptors (Lipinski definition) is 2. The summed E-state index contributed by atoms with van der Waals surface area (Å²) in [5.74, 6) is 0.776. The molecule has 0 amide bonds. The van der Waals surface area contributed by atoms with Gasteiger partial charge in [0.25, 0.3) is 0 Å². The molecular formula is C11H11ClN2O. The number of aryl methyl sites for hydroxylation is 1. The van der Waals surface area contributed by atoms with Crippen LogP contribution in [-0.4, -0.2) is 14.7 Å². The first-order valence-corrected chi connectivity index (χ1v) is 5.47. The Morgan fingerprint density at radius 1 is 1.47 bits per heavy atom. The van der Waals surface area contributed by atoms with Crippen LogP contribution in [0.1, 0.15) is 24.8 Å². The second-order valence-corrected chi connectivity index (χ2v) is 4.35. The Kier molecular flexibility index (Phi) is 1.97. The Morgan fingerprint density at radius 3 is 3.20 bits per heavy atom. The number of aliphatic hydroxyl groups is 1. The van der Waals surface area contributed by atoms with E-state index in [9.17, 15) is 5.11 Å². The summed E-state index contributed by atoms with van der Waals surface area (Å²) < 4.78 is 2.08. The number of imidazole rings is 1. The summed E-state index contributed by atoms with van der Waals surface area (Å²) in [7, 11) is 0. The summed E-state index contributed by atoms with van der Waals surface area (Å²) in [5.41, 5.74) is 1.94. The third-order valence-electron chi connectivity index (χ3n) is 2.90. The third kappa shape index (κ3) is 1.34. The molecule has 1 unspecified atom stereocenters. The number of benzene rings is 1. The molecule has 0 spiro atoms. The maximum absolute atomic E-state index is 9.82. The molecule has 1 aliphatic heterocycles. The molecular weight excluding hydrogens is 212 g/mol. The van der Waals surface area contributed by atoms with Crippen molar-refractivity contribution in [2.75, 3.05) is 0 Å². The van der Waals surface area contributed by atoms with E-state index >= 15 is 0 Å². The highest BCUT2D eigenvalue weighted by molar-refractivity contribution is 6.31. The van der Waals surface area contributed by atoms with Crippen LogP contribution in [0.4, 0.5) is 0 Å². The molecule has 15 heavy (non-hydrogen) atoms. The number of halogens is 1. The van der Waals surface area contributed by atoms with Crippen LogP contribution in [0.3, 0.4) is 0 Å². The van der Waals surface area contributed by atoms with Crippen LogP contribution >= 0.6 is 11.6 Å². The van der Waals surface area contributed by atoms with Crippen molar-refractivity contribution in [3.05, 3.63) is 29.0 Å². The van der Waals surface area contributed by atoms with Gasteiger partial charge in [0.1, 0.15) is 11.9 Å². The van der Waals surface area contributed by atoms with E-state index < -0.39 is 6.10 Å². The standard InChI is InChI=1S/C11H11ClN2O/c12-7-3-4-9-8(6-7)13-11-10(15)2-1-5-14(9)11/h3-4,6,10,15H,1-2,5H2. The molecule has 0 fully saturated rings. The van der Waals surface area contributed by atoms with Crippen molar-refractivity contribution in [3.8, 4) is 0 Å². The lowest BCUT2D eigenvalue weighted by Gasteiger charge is -2.19. The van der Waals surface area contributed by atoms with Crippen LogP contribution in [0, 0.1) is 0 Å². The highest BCUT2D eigenvalue weighted by Gasteiger charge is 2.21. The smallest absolute Gasteiger partial charge is 0.138 e. The predicted octanol–water partition coefficient (Wildman–Crippen LogP) is 2.52. The van der Waals surface area contributed by atoms with E-state index in [2.05, 4.69) is 9.55 Å². The number of aromatic nitrogens is 2. The molecule has 0 radical (unpaired) electrons. The van der Waals surface area contributed by atoms with Crippen LogP contribution in [0.5, 0.6) is 0 Å². The zero-order valence-corrected chi connectivity index (χ0v) is 8.91. The zero-order chi connectivity index (χ0) is 10.4. The average Bonchev–Trinajstić information content (AvgIpc) is 2.57. The monoisotopic (exact) mass is 222 g/mol. The van der Waals surface area contributed by atoms with Crippen molar-refractivity contribution < 1.29 is 5.11 Å². The lowest BCUT2D eigenvalue weighted by molar-refractivity contribution is 0.135. The van der Waals surface area contributed by atoms with Crippen molar-refractivity contribution in [1.82, 2.24) is 9.55 Å². The van der Waals surface area contributed by atoms with Gasteiger partial charge in [0.15, 0.2) is 0 Å². The van der Waals surface area contributed by atoms with Crippen LogP contribution in [0.2, 0.25) is 5.02 Å². The Labute approximate surface area is 92.3 Å². The summed E-state index contributed by atoms with van der Waals surface area (Å²) in [6.45, 7) is 0.935. The van der Waals surface area contributed by atoms with Gasteiger partial charge in [0.05, 0.1) is 11.0 Å². The highest BCUT2D eigenvalue weighted by atomic mass is 35.5. The lowest BCUT2D eigenvalue weighted by atomic mass is 10.1. The fraction of sp³-hybridized carbons (Fsp3) is 0.364. The maximum Gasteiger partial charge on any atom is 0.138 e. The van der Waals surface area contributed by atoms with Gasteiger partial charge in [-0.2, -0.15) is 0 Å². The fourth-order valence-corrected chi connectivity index (χ4v) is 2.35. The minimum absolute atomic E-state index is 0.426. The third-order valence-corrected chi connectivity index (χ3v) is 3.13. The first-order chi connectivity index (χ1) is 7.25. The van der Waals surface area contributed by atoms with E-state index in [1.165, 1.54) is 0 Å². The number of fused-ring (bicyclic) bond motifs is 3. The van der Waals surface area contributed by atoms with Crippen molar-refractivity contribution >= 4 is 22.6 Å². The molecule has 0 saturated heterocycles. The molecule has 1 aromatic carbocycles. The summed E-state index contributed by atoms with van der Waals surface area (Å²) in [6.07, 6.45) is 1.38. The van der Waals surface area contributed by atoms with E-state index in [0.717, 1.165) is 36.2 Å². The second kappa shape index (κ2) is 3.22.